The molecule has 18 heavy (non-hydrogen) atoms. The molecule has 0 aliphatic carbocycles. The van der Waals surface area contributed by atoms with Crippen molar-refractivity contribution in [2.45, 2.75) is 10.8 Å². The quantitative estimate of drug-likeness (QED) is 0.615. The Morgan fingerprint density at radius 2 is 1.39 bits per heavy atom. The number of benzene rings is 2. The van der Waals surface area contributed by atoms with Gasteiger partial charge in [-0.3, -0.25) is 0 Å². The second-order valence-corrected chi connectivity index (χ2v) is 5.96. The van der Waals surface area contributed by atoms with Crippen molar-refractivity contribution in [1.29, 1.82) is 0 Å². The lowest BCUT2D eigenvalue weighted by molar-refractivity contribution is 0.887. The van der Waals surface area contributed by atoms with Gasteiger partial charge in [0, 0.05) is 16.0 Å². The highest BCUT2D eigenvalue weighted by Crippen LogP contribution is 2.34. The maximum absolute atomic E-state index is 6.09. The van der Waals surface area contributed by atoms with Crippen LogP contribution < -0.4 is 0 Å². The fourth-order valence-electron chi connectivity index (χ4n) is 1.85. The minimum Gasteiger partial charge on any atom is -0.104 e. The summed E-state index contributed by atoms with van der Waals surface area (Å²) in [7, 11) is 0. The molecule has 0 aliphatic rings. The van der Waals surface area contributed by atoms with E-state index in [0.29, 0.717) is 10.0 Å². The van der Waals surface area contributed by atoms with Crippen LogP contribution in [0.3, 0.4) is 0 Å². The second-order valence-electron chi connectivity index (χ2n) is 3.92. The van der Waals surface area contributed by atoms with Crippen molar-refractivity contribution in [2.75, 3.05) is 0 Å². The fraction of sp³-hybridized carbons (Fsp3) is 0.143. The number of alkyl halides is 2. The highest BCUT2D eigenvalue weighted by atomic mass is 35.5. The van der Waals surface area contributed by atoms with Crippen LogP contribution in [-0.4, -0.2) is 4.84 Å². The van der Waals surface area contributed by atoms with E-state index < -0.39 is 4.84 Å². The Bertz CT molecular complexity index is 520. The van der Waals surface area contributed by atoms with Crippen molar-refractivity contribution < 1.29 is 0 Å². The summed E-state index contributed by atoms with van der Waals surface area (Å²) < 4.78 is 0. The van der Waals surface area contributed by atoms with E-state index in [1.807, 2.05) is 48.5 Å². The molecule has 0 fully saturated rings. The van der Waals surface area contributed by atoms with Crippen LogP contribution in [-0.2, 0) is 0 Å². The zero-order chi connectivity index (χ0) is 13.1. The summed E-state index contributed by atoms with van der Waals surface area (Å²) in [5, 5.41) is 1.35. The van der Waals surface area contributed by atoms with Crippen LogP contribution in [0.2, 0.25) is 10.0 Å². The van der Waals surface area contributed by atoms with Gasteiger partial charge >= 0.3 is 0 Å². The normalized spacial score (nSPS) is 12.7. The van der Waals surface area contributed by atoms with Crippen molar-refractivity contribution in [3.63, 3.8) is 0 Å². The van der Waals surface area contributed by atoms with Gasteiger partial charge in [0.1, 0.15) is 4.84 Å². The summed E-state index contributed by atoms with van der Waals surface area (Å²) >= 11 is 24.1. The van der Waals surface area contributed by atoms with Gasteiger partial charge in [-0.25, -0.2) is 0 Å². The van der Waals surface area contributed by atoms with Gasteiger partial charge in [-0.2, -0.15) is 0 Å². The molecule has 2 aromatic rings. The summed E-state index contributed by atoms with van der Waals surface area (Å²) in [6.45, 7) is 0. The van der Waals surface area contributed by atoms with E-state index in [-0.39, 0.29) is 5.92 Å². The first-order valence-electron chi connectivity index (χ1n) is 5.37. The van der Waals surface area contributed by atoms with Gasteiger partial charge in [-0.15, -0.1) is 23.2 Å². The van der Waals surface area contributed by atoms with Crippen LogP contribution in [0.1, 0.15) is 17.0 Å². The Balaban J connectivity index is 2.43. The van der Waals surface area contributed by atoms with E-state index in [1.54, 1.807) is 0 Å². The second kappa shape index (κ2) is 6.16. The standard InChI is InChI=1S/C14H10Cl4/c15-11-6-4-9(5-7-11)13(14(17)18)10-2-1-3-12(16)8-10/h1-8,13-14H/t13-/m1/s1. The van der Waals surface area contributed by atoms with Crippen LogP contribution >= 0.6 is 46.4 Å². The number of rotatable bonds is 3. The maximum atomic E-state index is 6.09. The van der Waals surface area contributed by atoms with E-state index in [4.69, 9.17) is 46.4 Å². The topological polar surface area (TPSA) is 0 Å². The predicted molar refractivity (Wildman–Crippen MR) is 80.2 cm³/mol. The molecule has 0 saturated heterocycles. The van der Waals surface area contributed by atoms with E-state index in [2.05, 4.69) is 0 Å². The van der Waals surface area contributed by atoms with Gasteiger partial charge in [0.05, 0.1) is 0 Å². The lowest BCUT2D eigenvalue weighted by Gasteiger charge is -2.19. The molecule has 2 rings (SSSR count). The first kappa shape index (κ1) is 14.0. The van der Waals surface area contributed by atoms with Gasteiger partial charge in [0.15, 0.2) is 0 Å². The minimum absolute atomic E-state index is 0.121. The molecule has 1 atom stereocenters. The molecule has 0 heterocycles. The predicted octanol–water partition coefficient (Wildman–Crippen LogP) is 5.93. The molecule has 2 aromatic carbocycles. The van der Waals surface area contributed by atoms with E-state index >= 15 is 0 Å². The highest BCUT2D eigenvalue weighted by Gasteiger charge is 2.21. The van der Waals surface area contributed by atoms with Crippen LogP contribution in [0, 0.1) is 0 Å². The molecule has 0 aliphatic heterocycles. The third-order valence-corrected chi connectivity index (χ3v) is 3.68. The molecule has 0 radical (unpaired) electrons. The van der Waals surface area contributed by atoms with Gasteiger partial charge in [0.25, 0.3) is 0 Å². The zero-order valence-corrected chi connectivity index (χ0v) is 12.3. The SMILES string of the molecule is Clc1ccc([C@H](c2cccc(Cl)c2)C(Cl)Cl)cc1. The summed E-state index contributed by atoms with van der Waals surface area (Å²) in [5.41, 5.74) is 2.00. The van der Waals surface area contributed by atoms with E-state index in [9.17, 15) is 0 Å². The average Bonchev–Trinajstić information content (AvgIpc) is 2.32. The highest BCUT2D eigenvalue weighted by molar-refractivity contribution is 6.45. The van der Waals surface area contributed by atoms with Gasteiger partial charge < -0.3 is 0 Å². The Hall–Kier alpha value is -0.400. The molecule has 0 nitrogen and oxygen atoms in total. The molecule has 0 bridgehead atoms. The lowest BCUT2D eigenvalue weighted by Crippen LogP contribution is -2.09. The summed E-state index contributed by atoms with van der Waals surface area (Å²) in [5.74, 6) is -0.121. The van der Waals surface area contributed by atoms with Crippen molar-refractivity contribution in [3.05, 3.63) is 69.7 Å². The molecule has 0 unspecified atom stereocenters. The summed E-state index contributed by atoms with van der Waals surface area (Å²) in [4.78, 5) is -0.551. The molecule has 0 N–H and O–H groups in total. The Morgan fingerprint density at radius 1 is 0.722 bits per heavy atom. The number of halogens is 4. The van der Waals surface area contributed by atoms with E-state index in [1.165, 1.54) is 0 Å². The van der Waals surface area contributed by atoms with Crippen molar-refractivity contribution in [1.82, 2.24) is 0 Å². The van der Waals surface area contributed by atoms with Crippen LogP contribution in [0.4, 0.5) is 0 Å². The van der Waals surface area contributed by atoms with E-state index in [0.717, 1.165) is 11.1 Å². The van der Waals surface area contributed by atoms with Crippen molar-refractivity contribution in [2.24, 2.45) is 0 Å². The third kappa shape index (κ3) is 3.33. The monoisotopic (exact) mass is 318 g/mol. The van der Waals surface area contributed by atoms with Crippen LogP contribution in [0.15, 0.2) is 48.5 Å². The molecule has 0 amide bonds. The Labute approximate surface area is 126 Å². The summed E-state index contributed by atoms with van der Waals surface area (Å²) in [6, 6.07) is 15.0. The van der Waals surface area contributed by atoms with Gasteiger partial charge in [-0.05, 0) is 35.4 Å². The van der Waals surface area contributed by atoms with Crippen molar-refractivity contribution in [3.8, 4) is 0 Å². The number of hydrogen-bond donors (Lipinski definition) is 0. The van der Waals surface area contributed by atoms with Crippen LogP contribution in [0.25, 0.3) is 0 Å². The molecule has 0 aromatic heterocycles. The number of hydrogen-bond acceptors (Lipinski definition) is 0. The first-order chi connectivity index (χ1) is 8.58. The van der Waals surface area contributed by atoms with Gasteiger partial charge in [0.2, 0.25) is 0 Å². The largest absolute Gasteiger partial charge is 0.118 e. The van der Waals surface area contributed by atoms with Crippen molar-refractivity contribution >= 4 is 46.4 Å². The molecule has 4 heteroatoms. The summed E-state index contributed by atoms with van der Waals surface area (Å²) in [6.07, 6.45) is 0. The molecular weight excluding hydrogens is 310 g/mol. The third-order valence-electron chi connectivity index (χ3n) is 2.69. The molecule has 0 saturated carbocycles. The Kier molecular flexibility index (Phi) is 4.80. The van der Waals surface area contributed by atoms with Crippen LogP contribution in [0.5, 0.6) is 0 Å². The molecular formula is C14H10Cl4. The molecule has 94 valence electrons. The fourth-order valence-corrected chi connectivity index (χ4v) is 2.76. The first-order valence-corrected chi connectivity index (χ1v) is 7.00. The smallest absolute Gasteiger partial charge is 0.104 e. The average molecular weight is 320 g/mol. The lowest BCUT2D eigenvalue weighted by atomic mass is 9.93. The van der Waals surface area contributed by atoms with Gasteiger partial charge in [-0.1, -0.05) is 47.5 Å². The Morgan fingerprint density at radius 3 is 1.94 bits per heavy atom. The minimum atomic E-state index is -0.551. The maximum Gasteiger partial charge on any atom is 0.118 e. The molecule has 0 spiro atoms. The zero-order valence-electron chi connectivity index (χ0n) is 9.29.